The Bertz CT molecular complexity index is 702. The molecule has 1 aromatic heterocycles. The summed E-state index contributed by atoms with van der Waals surface area (Å²) in [5.74, 6) is 0.0416. The number of hydrogen-bond acceptors (Lipinski definition) is 1. The van der Waals surface area contributed by atoms with Gasteiger partial charge in [0.05, 0.1) is 0 Å². The Morgan fingerprint density at radius 2 is 2.05 bits per heavy atom. The van der Waals surface area contributed by atoms with E-state index in [1.54, 1.807) is 0 Å². The van der Waals surface area contributed by atoms with Gasteiger partial charge in [-0.2, -0.15) is 0 Å². The lowest BCUT2D eigenvalue weighted by Crippen LogP contribution is -2.34. The second kappa shape index (κ2) is 5.02. The largest absolute Gasteiger partial charge is 0.351 e. The number of carbonyl (C=O) groups is 1. The van der Waals surface area contributed by atoms with Gasteiger partial charge in [-0.25, -0.2) is 0 Å². The number of hydrogen-bond donors (Lipinski definition) is 2. The van der Waals surface area contributed by atoms with Gasteiger partial charge in [-0.3, -0.25) is 4.79 Å². The van der Waals surface area contributed by atoms with Crippen LogP contribution in [0.15, 0.2) is 18.2 Å². The number of benzene rings is 1. The summed E-state index contributed by atoms with van der Waals surface area (Å²) in [5.41, 5.74) is 4.18. The number of fused-ring (bicyclic) bond motifs is 1. The second-order valence-corrected chi connectivity index (χ2v) is 12.5. The maximum Gasteiger partial charge on any atom is 0.267 e. The van der Waals surface area contributed by atoms with E-state index >= 15 is 0 Å². The lowest BCUT2D eigenvalue weighted by atomic mass is 10.1. The molecule has 1 saturated heterocycles. The molecule has 0 aliphatic carbocycles. The molecule has 0 radical (unpaired) electrons. The van der Waals surface area contributed by atoms with Crippen molar-refractivity contribution in [3.05, 3.63) is 35.0 Å². The molecule has 0 saturated carbocycles. The van der Waals surface area contributed by atoms with E-state index in [2.05, 4.69) is 49.4 Å². The highest BCUT2D eigenvalue weighted by atomic mass is 28.3. The van der Waals surface area contributed by atoms with Crippen molar-refractivity contribution in [1.29, 1.82) is 0 Å². The lowest BCUT2D eigenvalue weighted by molar-refractivity contribution is 0.0936. The van der Waals surface area contributed by atoms with Gasteiger partial charge in [0.25, 0.3) is 5.91 Å². The molecule has 1 aliphatic rings. The van der Waals surface area contributed by atoms with Gasteiger partial charge in [0, 0.05) is 25.0 Å². The molecule has 1 amide bonds. The molecule has 112 valence electrons. The number of carbonyl (C=O) groups excluding carboxylic acids is 1. The van der Waals surface area contributed by atoms with Gasteiger partial charge in [0.15, 0.2) is 0 Å². The quantitative estimate of drug-likeness (QED) is 0.809. The third-order valence-electron chi connectivity index (χ3n) is 4.64. The van der Waals surface area contributed by atoms with E-state index < -0.39 is 8.07 Å². The molecule has 1 fully saturated rings. The zero-order valence-corrected chi connectivity index (χ0v) is 14.3. The van der Waals surface area contributed by atoms with Crippen LogP contribution in [0.25, 0.3) is 10.9 Å². The molecule has 3 nitrogen and oxygen atoms in total. The fourth-order valence-electron chi connectivity index (χ4n) is 3.54. The first-order valence-corrected chi connectivity index (χ1v) is 11.2. The Labute approximate surface area is 127 Å². The first-order chi connectivity index (χ1) is 9.84. The SMILES string of the molecule is Cc1cc(C)c2cc(C(=O)N[C@@H]3CC[Si](C)(C)C3)[nH]c2c1. The Morgan fingerprint density at radius 3 is 2.71 bits per heavy atom. The van der Waals surface area contributed by atoms with Crippen LogP contribution in [-0.4, -0.2) is 25.0 Å². The smallest absolute Gasteiger partial charge is 0.267 e. The minimum atomic E-state index is -1.04. The van der Waals surface area contributed by atoms with Crippen molar-refractivity contribution < 1.29 is 4.79 Å². The normalized spacial score (nSPS) is 20.9. The van der Waals surface area contributed by atoms with Crippen molar-refractivity contribution in [2.24, 2.45) is 0 Å². The van der Waals surface area contributed by atoms with Crippen LogP contribution in [0.1, 0.15) is 28.0 Å². The molecule has 0 spiro atoms. The summed E-state index contributed by atoms with van der Waals surface area (Å²) in [6.07, 6.45) is 1.14. The summed E-state index contributed by atoms with van der Waals surface area (Å²) in [4.78, 5) is 15.7. The zero-order valence-electron chi connectivity index (χ0n) is 13.3. The second-order valence-electron chi connectivity index (χ2n) is 7.30. The fraction of sp³-hybridized carbons (Fsp3) is 0.471. The summed E-state index contributed by atoms with van der Waals surface area (Å²) >= 11 is 0. The van der Waals surface area contributed by atoms with Crippen LogP contribution < -0.4 is 5.32 Å². The van der Waals surface area contributed by atoms with Crippen LogP contribution in [0.5, 0.6) is 0 Å². The van der Waals surface area contributed by atoms with E-state index in [-0.39, 0.29) is 5.91 Å². The third-order valence-corrected chi connectivity index (χ3v) is 7.88. The molecule has 4 heteroatoms. The molecule has 1 aliphatic heterocycles. The van der Waals surface area contributed by atoms with Crippen LogP contribution >= 0.6 is 0 Å². The van der Waals surface area contributed by atoms with E-state index in [1.165, 1.54) is 23.2 Å². The molecular formula is C17H24N2OSi. The minimum absolute atomic E-state index is 0.0416. The Morgan fingerprint density at radius 1 is 1.29 bits per heavy atom. The van der Waals surface area contributed by atoms with Gasteiger partial charge < -0.3 is 10.3 Å². The first-order valence-electron chi connectivity index (χ1n) is 7.75. The summed E-state index contributed by atoms with van der Waals surface area (Å²) in [6, 6.07) is 9.14. The summed E-state index contributed by atoms with van der Waals surface area (Å²) < 4.78 is 0. The molecule has 2 heterocycles. The number of rotatable bonds is 2. The lowest BCUT2D eigenvalue weighted by Gasteiger charge is -2.15. The van der Waals surface area contributed by atoms with Crippen LogP contribution in [0.3, 0.4) is 0 Å². The standard InChI is InChI=1S/C17H24N2OSi/c1-11-7-12(2)14-9-16(19-15(14)8-11)17(20)18-13-5-6-21(3,4)10-13/h7-9,13,19H,5-6,10H2,1-4H3,(H,18,20)/t13-/m1/s1. The molecule has 0 unspecified atom stereocenters. The third kappa shape index (κ3) is 2.90. The van der Waals surface area contributed by atoms with Crippen molar-refractivity contribution >= 4 is 24.9 Å². The molecule has 2 aromatic rings. The summed E-state index contributed by atoms with van der Waals surface area (Å²) in [6.45, 7) is 9.00. The summed E-state index contributed by atoms with van der Waals surface area (Å²) in [7, 11) is -1.04. The van der Waals surface area contributed by atoms with Crippen LogP contribution in [0.4, 0.5) is 0 Å². The van der Waals surface area contributed by atoms with E-state index in [0.717, 1.165) is 17.3 Å². The van der Waals surface area contributed by atoms with E-state index in [0.29, 0.717) is 11.7 Å². The van der Waals surface area contributed by atoms with Gasteiger partial charge in [-0.1, -0.05) is 25.2 Å². The number of aryl methyl sites for hydroxylation is 2. The predicted molar refractivity (Wildman–Crippen MR) is 90.7 cm³/mol. The number of aromatic nitrogens is 1. The average molecular weight is 300 g/mol. The van der Waals surface area contributed by atoms with Gasteiger partial charge in [-0.15, -0.1) is 0 Å². The van der Waals surface area contributed by atoms with Crippen molar-refractivity contribution in [2.45, 2.75) is 51.5 Å². The first kappa shape index (κ1) is 14.4. The summed E-state index contributed by atoms with van der Waals surface area (Å²) in [5, 5.41) is 4.36. The van der Waals surface area contributed by atoms with Gasteiger partial charge in [0.1, 0.15) is 5.69 Å². The van der Waals surface area contributed by atoms with Crippen LogP contribution in [0.2, 0.25) is 25.2 Å². The average Bonchev–Trinajstić information content (AvgIpc) is 2.93. The Kier molecular flexibility index (Phi) is 3.44. The maximum atomic E-state index is 12.5. The maximum absolute atomic E-state index is 12.5. The highest BCUT2D eigenvalue weighted by Crippen LogP contribution is 2.30. The highest BCUT2D eigenvalue weighted by molar-refractivity contribution is 6.78. The van der Waals surface area contributed by atoms with Crippen molar-refractivity contribution in [3.8, 4) is 0 Å². The van der Waals surface area contributed by atoms with E-state index in [9.17, 15) is 4.79 Å². The van der Waals surface area contributed by atoms with Gasteiger partial charge >= 0.3 is 0 Å². The molecule has 1 atom stereocenters. The number of nitrogens with one attached hydrogen (secondary N) is 2. The van der Waals surface area contributed by atoms with E-state index in [1.807, 2.05) is 6.07 Å². The molecule has 1 aromatic carbocycles. The van der Waals surface area contributed by atoms with Crippen molar-refractivity contribution in [3.63, 3.8) is 0 Å². The van der Waals surface area contributed by atoms with Crippen molar-refractivity contribution in [2.75, 3.05) is 0 Å². The number of aromatic amines is 1. The number of H-pyrrole nitrogens is 1. The zero-order chi connectivity index (χ0) is 15.2. The monoisotopic (exact) mass is 300 g/mol. The van der Waals surface area contributed by atoms with Crippen LogP contribution in [0, 0.1) is 13.8 Å². The molecule has 2 N–H and O–H groups in total. The predicted octanol–water partition coefficient (Wildman–Crippen LogP) is 4.00. The molecule has 21 heavy (non-hydrogen) atoms. The molecular weight excluding hydrogens is 276 g/mol. The molecule has 3 rings (SSSR count). The highest BCUT2D eigenvalue weighted by Gasteiger charge is 2.33. The fourth-order valence-corrected chi connectivity index (χ4v) is 6.52. The van der Waals surface area contributed by atoms with Crippen molar-refractivity contribution in [1.82, 2.24) is 10.3 Å². The van der Waals surface area contributed by atoms with E-state index in [4.69, 9.17) is 0 Å². The molecule has 0 bridgehead atoms. The number of amides is 1. The van der Waals surface area contributed by atoms with Gasteiger partial charge in [0.2, 0.25) is 0 Å². The van der Waals surface area contributed by atoms with Gasteiger partial charge in [-0.05, 0) is 49.6 Å². The topological polar surface area (TPSA) is 44.9 Å². The minimum Gasteiger partial charge on any atom is -0.351 e. The van der Waals surface area contributed by atoms with Crippen LogP contribution in [-0.2, 0) is 0 Å². The Hall–Kier alpha value is -1.55. The Balaban J connectivity index is 1.81.